The van der Waals surface area contributed by atoms with E-state index in [0.29, 0.717) is 6.54 Å². The van der Waals surface area contributed by atoms with Crippen molar-refractivity contribution in [1.29, 1.82) is 0 Å². The molecule has 0 aliphatic heterocycles. The molecule has 0 fully saturated rings. The van der Waals surface area contributed by atoms with E-state index in [0.717, 1.165) is 5.56 Å². The fourth-order valence-corrected chi connectivity index (χ4v) is 1.36. The Morgan fingerprint density at radius 3 is 2.42 bits per heavy atom. The minimum Gasteiger partial charge on any atom is -0.493 e. The van der Waals surface area contributed by atoms with Crippen LogP contribution in [0, 0.1) is 0 Å². The van der Waals surface area contributed by atoms with Gasteiger partial charge in [-0.25, -0.2) is 0 Å². The largest absolute Gasteiger partial charge is 0.493 e. The quantitative estimate of drug-likeness (QED) is 0.810. The molecule has 4 nitrogen and oxygen atoms in total. The third-order valence-electron chi connectivity index (χ3n) is 2.10. The Morgan fingerprint density at radius 1 is 1.21 bits per heavy atom. The molecule has 19 heavy (non-hydrogen) atoms. The Kier molecular flexibility index (Phi) is 5.50. The van der Waals surface area contributed by atoms with Gasteiger partial charge in [0.15, 0.2) is 11.5 Å². The van der Waals surface area contributed by atoms with Gasteiger partial charge in [-0.1, -0.05) is 6.07 Å². The normalized spacial score (nSPS) is 11.7. The summed E-state index contributed by atoms with van der Waals surface area (Å²) in [5, 5.41) is 0. The maximum absolute atomic E-state index is 12.3. The van der Waals surface area contributed by atoms with Gasteiger partial charge < -0.3 is 9.47 Å². The Balaban J connectivity index is 2.69. The predicted octanol–water partition coefficient (Wildman–Crippen LogP) is 3.12. The molecule has 1 aromatic carbocycles. The van der Waals surface area contributed by atoms with Gasteiger partial charge in [-0.2, -0.15) is 14.3 Å². The summed E-state index contributed by atoms with van der Waals surface area (Å²) >= 11 is 0. The monoisotopic (exact) mass is 275 g/mol. The van der Waals surface area contributed by atoms with E-state index in [1.807, 2.05) is 20.8 Å². The molecule has 0 aromatic heterocycles. The second kappa shape index (κ2) is 6.68. The summed E-state index contributed by atoms with van der Waals surface area (Å²) < 4.78 is 33.9. The Bertz CT molecular complexity index is 405. The number of hydroxylamine groups is 1. The van der Waals surface area contributed by atoms with Crippen molar-refractivity contribution in [3.8, 4) is 11.5 Å². The van der Waals surface area contributed by atoms with Crippen LogP contribution in [0.15, 0.2) is 18.2 Å². The molecule has 0 bridgehead atoms. The zero-order valence-electron chi connectivity index (χ0n) is 11.5. The summed E-state index contributed by atoms with van der Waals surface area (Å²) in [6.45, 7) is 3.20. The summed E-state index contributed by atoms with van der Waals surface area (Å²) in [5.41, 5.74) is 3.20. The molecule has 0 aliphatic rings. The fraction of sp³-hybridized carbons (Fsp3) is 0.538. The minimum absolute atomic E-state index is 0.00700. The summed E-state index contributed by atoms with van der Waals surface area (Å²) in [6.07, 6.45) is 0. The lowest BCUT2D eigenvalue weighted by molar-refractivity contribution is -0.0758. The van der Waals surface area contributed by atoms with Gasteiger partial charge in [-0.3, -0.25) is 4.84 Å². The maximum Gasteiger partial charge on any atom is 0.387 e. The van der Waals surface area contributed by atoms with Gasteiger partial charge in [-0.05, 0) is 38.5 Å². The number of alkyl halides is 2. The van der Waals surface area contributed by atoms with Crippen molar-refractivity contribution in [2.45, 2.75) is 39.5 Å². The van der Waals surface area contributed by atoms with Crippen LogP contribution in [0.1, 0.15) is 26.3 Å². The van der Waals surface area contributed by atoms with E-state index in [1.54, 1.807) is 12.1 Å². The minimum atomic E-state index is -2.89. The third kappa shape index (κ3) is 5.85. The molecule has 0 atom stereocenters. The number of benzene rings is 1. The highest BCUT2D eigenvalue weighted by atomic mass is 19.3. The molecule has 1 N–H and O–H groups in total. The predicted molar refractivity (Wildman–Crippen MR) is 67.3 cm³/mol. The van der Waals surface area contributed by atoms with Crippen molar-refractivity contribution >= 4 is 0 Å². The molecule has 0 amide bonds. The highest BCUT2D eigenvalue weighted by Gasteiger charge is 2.13. The molecule has 0 heterocycles. The number of methoxy groups -OCH3 is 1. The van der Waals surface area contributed by atoms with Gasteiger partial charge in [0.25, 0.3) is 0 Å². The average Bonchev–Trinajstić information content (AvgIpc) is 2.27. The van der Waals surface area contributed by atoms with Crippen molar-refractivity contribution in [2.24, 2.45) is 0 Å². The van der Waals surface area contributed by atoms with Crippen LogP contribution in [-0.2, 0) is 11.4 Å². The second-order valence-electron chi connectivity index (χ2n) is 4.90. The summed E-state index contributed by atoms with van der Waals surface area (Å²) in [5.74, 6) is 0.272. The second-order valence-corrected chi connectivity index (χ2v) is 4.90. The Labute approximate surface area is 111 Å². The highest BCUT2D eigenvalue weighted by Crippen LogP contribution is 2.29. The maximum atomic E-state index is 12.3. The van der Waals surface area contributed by atoms with Gasteiger partial charge in [0.05, 0.1) is 12.7 Å². The highest BCUT2D eigenvalue weighted by molar-refractivity contribution is 5.42. The lowest BCUT2D eigenvalue weighted by Gasteiger charge is -2.19. The molecule has 0 aliphatic carbocycles. The molecule has 0 saturated heterocycles. The zero-order chi connectivity index (χ0) is 14.5. The molecule has 0 saturated carbocycles. The summed E-state index contributed by atoms with van der Waals surface area (Å²) in [7, 11) is 1.40. The van der Waals surface area contributed by atoms with Crippen LogP contribution in [0.3, 0.4) is 0 Å². The van der Waals surface area contributed by atoms with Gasteiger partial charge >= 0.3 is 6.61 Å². The summed E-state index contributed by atoms with van der Waals surface area (Å²) in [6, 6.07) is 4.81. The topological polar surface area (TPSA) is 39.7 Å². The lowest BCUT2D eigenvalue weighted by Crippen LogP contribution is -2.28. The van der Waals surface area contributed by atoms with E-state index in [2.05, 4.69) is 10.2 Å². The molecule has 6 heteroatoms. The van der Waals surface area contributed by atoms with Crippen LogP contribution in [0.4, 0.5) is 8.78 Å². The SMILES string of the molecule is COc1ccc(CNOC(C)(C)C)cc1OC(F)F. The van der Waals surface area contributed by atoms with Gasteiger partial charge in [0.2, 0.25) is 0 Å². The first-order chi connectivity index (χ1) is 8.81. The Hall–Kier alpha value is -1.40. The van der Waals surface area contributed by atoms with E-state index in [-0.39, 0.29) is 17.1 Å². The number of rotatable bonds is 6. The van der Waals surface area contributed by atoms with E-state index in [1.165, 1.54) is 13.2 Å². The molecule has 108 valence electrons. The first kappa shape index (κ1) is 15.7. The van der Waals surface area contributed by atoms with E-state index in [4.69, 9.17) is 9.57 Å². The lowest BCUT2D eigenvalue weighted by atomic mass is 10.2. The summed E-state index contributed by atoms with van der Waals surface area (Å²) in [4.78, 5) is 5.34. The van der Waals surface area contributed by atoms with Crippen molar-refractivity contribution in [3.63, 3.8) is 0 Å². The van der Waals surface area contributed by atoms with Crippen LogP contribution in [0.5, 0.6) is 11.5 Å². The van der Waals surface area contributed by atoms with Crippen molar-refractivity contribution in [2.75, 3.05) is 7.11 Å². The molecule has 1 rings (SSSR count). The van der Waals surface area contributed by atoms with Crippen LogP contribution in [-0.4, -0.2) is 19.3 Å². The standard InChI is InChI=1S/C13H19F2NO3/c1-13(2,3)19-16-8-9-5-6-10(17-4)11(7-9)18-12(14)15/h5-7,12,16H,8H2,1-4H3. The van der Waals surface area contributed by atoms with Crippen molar-refractivity contribution in [3.05, 3.63) is 23.8 Å². The van der Waals surface area contributed by atoms with E-state index < -0.39 is 6.61 Å². The van der Waals surface area contributed by atoms with Crippen LogP contribution < -0.4 is 15.0 Å². The number of ether oxygens (including phenoxy) is 2. The van der Waals surface area contributed by atoms with Crippen LogP contribution in [0.2, 0.25) is 0 Å². The molecule has 1 aromatic rings. The number of hydrogen-bond donors (Lipinski definition) is 1. The average molecular weight is 275 g/mol. The zero-order valence-corrected chi connectivity index (χ0v) is 11.5. The molecular formula is C13H19F2NO3. The third-order valence-corrected chi connectivity index (χ3v) is 2.10. The Morgan fingerprint density at radius 2 is 1.89 bits per heavy atom. The molecule has 0 unspecified atom stereocenters. The van der Waals surface area contributed by atoms with E-state index >= 15 is 0 Å². The fourth-order valence-electron chi connectivity index (χ4n) is 1.36. The van der Waals surface area contributed by atoms with E-state index in [9.17, 15) is 8.78 Å². The van der Waals surface area contributed by atoms with Crippen molar-refractivity contribution in [1.82, 2.24) is 5.48 Å². The van der Waals surface area contributed by atoms with Crippen LogP contribution in [0.25, 0.3) is 0 Å². The van der Waals surface area contributed by atoms with Gasteiger partial charge in [0, 0.05) is 6.54 Å². The number of hydrogen-bond acceptors (Lipinski definition) is 4. The smallest absolute Gasteiger partial charge is 0.387 e. The number of nitrogens with one attached hydrogen (secondary N) is 1. The first-order valence-electron chi connectivity index (χ1n) is 5.84. The first-order valence-corrected chi connectivity index (χ1v) is 5.84. The van der Waals surface area contributed by atoms with Gasteiger partial charge in [0.1, 0.15) is 0 Å². The van der Waals surface area contributed by atoms with Crippen LogP contribution >= 0.6 is 0 Å². The number of halogens is 2. The molecule has 0 radical (unpaired) electrons. The van der Waals surface area contributed by atoms with Gasteiger partial charge in [-0.15, -0.1) is 0 Å². The van der Waals surface area contributed by atoms with Crippen molar-refractivity contribution < 1.29 is 23.1 Å². The molecular weight excluding hydrogens is 256 g/mol. The molecule has 0 spiro atoms.